The molecule has 0 aliphatic rings. The van der Waals surface area contributed by atoms with Gasteiger partial charge < -0.3 is 0 Å². The number of allylic oxidation sites excluding steroid dienone is 1. The summed E-state index contributed by atoms with van der Waals surface area (Å²) in [5.41, 5.74) is 1.02. The summed E-state index contributed by atoms with van der Waals surface area (Å²) in [7, 11) is 0. The zero-order chi connectivity index (χ0) is 10.6. The van der Waals surface area contributed by atoms with Crippen molar-refractivity contribution in [1.29, 1.82) is 0 Å². The van der Waals surface area contributed by atoms with Crippen molar-refractivity contribution in [3.63, 3.8) is 0 Å². The van der Waals surface area contributed by atoms with Gasteiger partial charge in [0.15, 0.2) is 0 Å². The van der Waals surface area contributed by atoms with E-state index in [9.17, 15) is 0 Å². The van der Waals surface area contributed by atoms with Crippen LogP contribution < -0.4 is 0 Å². The summed E-state index contributed by atoms with van der Waals surface area (Å²) in [6.07, 6.45) is 3.55. The van der Waals surface area contributed by atoms with E-state index < -0.39 is 0 Å². The first-order chi connectivity index (χ1) is 5.79. The molecular formula is C10H17NOW. The molecule has 0 aromatic rings. The van der Waals surface area contributed by atoms with Gasteiger partial charge in [0.25, 0.3) is 0 Å². The molecule has 0 spiro atoms. The number of aliphatic hydroxyl groups is 1. The minimum atomic E-state index is 0.00706. The molecule has 0 rings (SSSR count). The van der Waals surface area contributed by atoms with E-state index in [2.05, 4.69) is 27.4 Å². The Morgan fingerprint density at radius 3 is 2.15 bits per heavy atom. The van der Waals surface area contributed by atoms with E-state index in [1.807, 2.05) is 11.8 Å². The Labute approximate surface area is 91.4 Å². The summed E-state index contributed by atoms with van der Waals surface area (Å²) in [4.78, 5) is 2.03. The summed E-state index contributed by atoms with van der Waals surface area (Å²) in [5.74, 6) is 0. The van der Waals surface area contributed by atoms with Gasteiger partial charge >= 0.3 is 91.2 Å². The van der Waals surface area contributed by atoms with Crippen LogP contribution in [0.2, 0.25) is 0 Å². The second-order valence-electron chi connectivity index (χ2n) is 3.85. The van der Waals surface area contributed by atoms with Crippen LogP contribution in [-0.4, -0.2) is 19.6 Å². The molecule has 0 aromatic carbocycles. The number of nitrogens with zero attached hydrogens (tertiary/aromatic N) is 1. The summed E-state index contributed by atoms with van der Waals surface area (Å²) >= 11 is 1.08. The molecule has 1 N–H and O–H groups in total. The molecule has 0 saturated carbocycles. The van der Waals surface area contributed by atoms with Gasteiger partial charge in [-0.1, -0.05) is 0 Å². The van der Waals surface area contributed by atoms with E-state index in [0.717, 1.165) is 25.1 Å². The molecule has 0 unspecified atom stereocenters. The van der Waals surface area contributed by atoms with Gasteiger partial charge in [-0.05, 0) is 0 Å². The van der Waals surface area contributed by atoms with Crippen molar-refractivity contribution in [3.05, 3.63) is 24.6 Å². The Morgan fingerprint density at radius 2 is 1.92 bits per heavy atom. The molecule has 0 radical (unpaired) electrons. The van der Waals surface area contributed by atoms with Crippen LogP contribution >= 0.6 is 0 Å². The fourth-order valence-electron chi connectivity index (χ4n) is 1.20. The number of hydrogen-bond acceptors (Lipinski definition) is 2. The summed E-state index contributed by atoms with van der Waals surface area (Å²) in [6.45, 7) is 12.0. The van der Waals surface area contributed by atoms with Crippen molar-refractivity contribution in [2.75, 3.05) is 0 Å². The molecule has 0 fully saturated rings. The third kappa shape index (κ3) is 4.54. The average Bonchev–Trinajstić information content (AvgIpc) is 1.82. The molecule has 0 aromatic heterocycles. The van der Waals surface area contributed by atoms with Crippen LogP contribution in [-0.2, 0) is 19.4 Å². The van der Waals surface area contributed by atoms with Crippen LogP contribution in [0.4, 0.5) is 0 Å². The third-order valence-corrected chi connectivity index (χ3v) is 2.04. The topological polar surface area (TPSA) is 23.5 Å². The maximum atomic E-state index is 9.15. The Kier molecular flexibility index (Phi) is 4.80. The fraction of sp³-hybridized carbons (Fsp3) is 0.500. The molecule has 0 aliphatic heterocycles. The molecule has 0 aliphatic carbocycles. The molecule has 0 atom stereocenters. The van der Waals surface area contributed by atoms with E-state index in [-0.39, 0.29) is 5.54 Å². The molecule has 2 nitrogen and oxygen atoms in total. The summed E-state index contributed by atoms with van der Waals surface area (Å²) in [5, 5.41) is 9.15. The van der Waals surface area contributed by atoms with Crippen LogP contribution in [0.5, 0.6) is 0 Å². The first-order valence-electron chi connectivity index (χ1n) is 4.12. The monoisotopic (exact) mass is 351 g/mol. The van der Waals surface area contributed by atoms with Crippen LogP contribution in [0.25, 0.3) is 0 Å². The molecular weight excluding hydrogens is 334 g/mol. The fourth-order valence-corrected chi connectivity index (χ4v) is 1.81. The summed E-state index contributed by atoms with van der Waals surface area (Å²) < 4.78 is 0.397. The van der Waals surface area contributed by atoms with Gasteiger partial charge in [-0.3, -0.25) is 0 Å². The molecule has 0 heterocycles. The Balaban J connectivity index is 4.80. The Morgan fingerprint density at radius 1 is 1.46 bits per heavy atom. The number of hydrogen-bond donors (Lipinski definition) is 1. The van der Waals surface area contributed by atoms with Crippen molar-refractivity contribution in [2.24, 2.45) is 0 Å². The zero-order valence-corrected chi connectivity index (χ0v) is 11.6. The average molecular weight is 351 g/mol. The SMILES string of the molecule is C=CN(C(C)=C[C](O)=[W])C(C)(C)C. The first kappa shape index (κ1) is 12.8. The predicted octanol–water partition coefficient (Wildman–Crippen LogP) is 2.18. The van der Waals surface area contributed by atoms with Crippen molar-refractivity contribution >= 4 is 4.08 Å². The van der Waals surface area contributed by atoms with Gasteiger partial charge in [0.2, 0.25) is 0 Å². The van der Waals surface area contributed by atoms with Crippen molar-refractivity contribution in [2.45, 2.75) is 33.2 Å². The number of aliphatic hydroxyl groups excluding tert-OH is 1. The number of rotatable bonds is 3. The van der Waals surface area contributed by atoms with Crippen LogP contribution in [0.3, 0.4) is 0 Å². The van der Waals surface area contributed by atoms with E-state index in [4.69, 9.17) is 5.11 Å². The van der Waals surface area contributed by atoms with E-state index in [1.54, 1.807) is 12.3 Å². The Bertz CT molecular complexity index is 238. The quantitative estimate of drug-likeness (QED) is 0.843. The molecule has 0 bridgehead atoms. The van der Waals surface area contributed by atoms with Crippen molar-refractivity contribution in [3.8, 4) is 0 Å². The summed E-state index contributed by atoms with van der Waals surface area (Å²) in [6, 6.07) is 0. The molecule has 3 heteroatoms. The molecule has 0 amide bonds. The standard InChI is InChI=1S/C10H17NO.W/c1-6-11(10(3,4)5)9(2)7-8-12;/h6-7,12H,1H2,2-5H3;. The van der Waals surface area contributed by atoms with Crippen LogP contribution in [0.15, 0.2) is 24.6 Å². The van der Waals surface area contributed by atoms with Gasteiger partial charge in [0, 0.05) is 0 Å². The van der Waals surface area contributed by atoms with Crippen LogP contribution in [0.1, 0.15) is 27.7 Å². The van der Waals surface area contributed by atoms with Gasteiger partial charge in [0.05, 0.1) is 0 Å². The normalized spacial score (nSPS) is 12.5. The van der Waals surface area contributed by atoms with E-state index in [0.29, 0.717) is 4.08 Å². The zero-order valence-electron chi connectivity index (χ0n) is 8.66. The molecule has 13 heavy (non-hydrogen) atoms. The second kappa shape index (κ2) is 4.88. The van der Waals surface area contributed by atoms with E-state index in [1.165, 1.54) is 0 Å². The first-order valence-corrected chi connectivity index (χ1v) is 5.59. The Hall–Kier alpha value is -0.202. The van der Waals surface area contributed by atoms with Crippen molar-refractivity contribution in [1.82, 2.24) is 4.90 Å². The van der Waals surface area contributed by atoms with Crippen molar-refractivity contribution < 1.29 is 24.5 Å². The second-order valence-corrected chi connectivity index (χ2v) is 5.35. The minimum absolute atomic E-state index is 0.00706. The van der Waals surface area contributed by atoms with Gasteiger partial charge in [-0.15, -0.1) is 0 Å². The van der Waals surface area contributed by atoms with Gasteiger partial charge in [0.1, 0.15) is 0 Å². The van der Waals surface area contributed by atoms with E-state index >= 15 is 0 Å². The molecule has 74 valence electrons. The third-order valence-electron chi connectivity index (χ3n) is 1.62. The predicted molar refractivity (Wildman–Crippen MR) is 52.5 cm³/mol. The maximum absolute atomic E-state index is 9.15. The van der Waals surface area contributed by atoms with Gasteiger partial charge in [-0.2, -0.15) is 0 Å². The van der Waals surface area contributed by atoms with Gasteiger partial charge in [-0.25, -0.2) is 0 Å². The van der Waals surface area contributed by atoms with Crippen LogP contribution in [0, 0.1) is 0 Å². The molecule has 0 saturated heterocycles.